The molecule has 5 heteroatoms. The number of aromatic nitrogens is 2. The van der Waals surface area contributed by atoms with Crippen molar-refractivity contribution in [3.8, 4) is 5.75 Å². The summed E-state index contributed by atoms with van der Waals surface area (Å²) in [5, 5.41) is 6.50. The van der Waals surface area contributed by atoms with Gasteiger partial charge >= 0.3 is 0 Å². The monoisotopic (exact) mass is 263 g/mol. The molecule has 0 aliphatic carbocycles. The number of hydrogen-bond donors (Lipinski definition) is 1. The molecule has 4 nitrogen and oxygen atoms in total. The van der Waals surface area contributed by atoms with E-state index >= 15 is 0 Å². The highest BCUT2D eigenvalue weighted by Crippen LogP contribution is 2.21. The van der Waals surface area contributed by atoms with Crippen molar-refractivity contribution in [2.45, 2.75) is 19.4 Å². The first-order valence-electron chi connectivity index (χ1n) is 5.80. The van der Waals surface area contributed by atoms with Gasteiger partial charge in [0.1, 0.15) is 5.75 Å². The van der Waals surface area contributed by atoms with Gasteiger partial charge in [0.25, 0.3) is 0 Å². The summed E-state index contributed by atoms with van der Waals surface area (Å²) in [6.45, 7) is 2.02. The van der Waals surface area contributed by atoms with Crippen LogP contribution >= 0.6 is 11.3 Å². The van der Waals surface area contributed by atoms with E-state index in [4.69, 9.17) is 4.74 Å². The molecule has 0 bridgehead atoms. The van der Waals surface area contributed by atoms with E-state index in [0.29, 0.717) is 0 Å². The number of nitrogens with zero attached hydrogens (tertiary/aromatic N) is 2. The molecular weight excluding hydrogens is 246 g/mol. The molecule has 0 saturated carbocycles. The molecule has 0 aliphatic heterocycles. The first-order valence-corrected chi connectivity index (χ1v) is 6.68. The highest BCUT2D eigenvalue weighted by molar-refractivity contribution is 7.09. The van der Waals surface area contributed by atoms with E-state index in [-0.39, 0.29) is 6.04 Å². The van der Waals surface area contributed by atoms with E-state index in [1.807, 2.05) is 26.2 Å². The minimum Gasteiger partial charge on any atom is -0.495 e. The molecule has 0 aliphatic rings. The Bertz CT molecular complexity index is 512. The van der Waals surface area contributed by atoms with Crippen molar-refractivity contribution in [3.63, 3.8) is 0 Å². The van der Waals surface area contributed by atoms with Crippen LogP contribution in [-0.4, -0.2) is 24.1 Å². The maximum Gasteiger partial charge on any atom is 0.137 e. The molecule has 0 spiro atoms. The van der Waals surface area contributed by atoms with Crippen LogP contribution in [0.2, 0.25) is 0 Å². The molecule has 0 aromatic carbocycles. The molecule has 0 amide bonds. The minimum atomic E-state index is 0.203. The molecule has 96 valence electrons. The second kappa shape index (κ2) is 5.93. The average molecular weight is 263 g/mol. The van der Waals surface area contributed by atoms with Gasteiger partial charge in [0.15, 0.2) is 0 Å². The Kier molecular flexibility index (Phi) is 4.28. The number of aryl methyl sites for hydroxylation is 1. The fraction of sp³-hybridized carbons (Fsp3) is 0.385. The van der Waals surface area contributed by atoms with Crippen LogP contribution in [-0.2, 0) is 6.42 Å². The van der Waals surface area contributed by atoms with E-state index in [1.54, 1.807) is 24.6 Å². The summed E-state index contributed by atoms with van der Waals surface area (Å²) in [7, 11) is 3.60. The quantitative estimate of drug-likeness (QED) is 0.899. The van der Waals surface area contributed by atoms with Gasteiger partial charge < -0.3 is 10.1 Å². The van der Waals surface area contributed by atoms with Crippen LogP contribution in [0.5, 0.6) is 5.75 Å². The van der Waals surface area contributed by atoms with Crippen molar-refractivity contribution < 1.29 is 4.74 Å². The van der Waals surface area contributed by atoms with E-state index in [0.717, 1.165) is 28.4 Å². The molecule has 18 heavy (non-hydrogen) atoms. The van der Waals surface area contributed by atoms with Gasteiger partial charge in [-0.2, -0.15) is 0 Å². The van der Waals surface area contributed by atoms with E-state index < -0.39 is 0 Å². The SMILES string of the molecule is CNC(Cc1csc(C)n1)c1cncc(OC)c1. The largest absolute Gasteiger partial charge is 0.495 e. The second-order valence-electron chi connectivity index (χ2n) is 4.06. The zero-order valence-corrected chi connectivity index (χ0v) is 11.6. The summed E-state index contributed by atoms with van der Waals surface area (Å²) < 4.78 is 5.20. The lowest BCUT2D eigenvalue weighted by molar-refractivity contribution is 0.411. The normalized spacial score (nSPS) is 12.4. The summed E-state index contributed by atoms with van der Waals surface area (Å²) in [6, 6.07) is 2.21. The minimum absolute atomic E-state index is 0.203. The van der Waals surface area contributed by atoms with Gasteiger partial charge in [-0.1, -0.05) is 0 Å². The topological polar surface area (TPSA) is 47.0 Å². The van der Waals surface area contributed by atoms with E-state index in [9.17, 15) is 0 Å². The van der Waals surface area contributed by atoms with Gasteiger partial charge in [0.2, 0.25) is 0 Å². The molecule has 0 saturated heterocycles. The van der Waals surface area contributed by atoms with Crippen LogP contribution in [0.25, 0.3) is 0 Å². The van der Waals surface area contributed by atoms with Crippen molar-refractivity contribution >= 4 is 11.3 Å². The summed E-state index contributed by atoms with van der Waals surface area (Å²) in [4.78, 5) is 8.68. The fourth-order valence-corrected chi connectivity index (χ4v) is 2.46. The zero-order chi connectivity index (χ0) is 13.0. The highest BCUT2D eigenvalue weighted by Gasteiger charge is 2.13. The van der Waals surface area contributed by atoms with Gasteiger partial charge in [0, 0.05) is 24.0 Å². The number of ether oxygens (including phenoxy) is 1. The lowest BCUT2D eigenvalue weighted by Crippen LogP contribution is -2.19. The van der Waals surface area contributed by atoms with Gasteiger partial charge in [-0.25, -0.2) is 4.98 Å². The third kappa shape index (κ3) is 3.05. The second-order valence-corrected chi connectivity index (χ2v) is 5.12. The van der Waals surface area contributed by atoms with Crippen LogP contribution in [0, 0.1) is 6.92 Å². The van der Waals surface area contributed by atoms with Crippen molar-refractivity contribution in [1.82, 2.24) is 15.3 Å². The molecule has 1 atom stereocenters. The third-order valence-electron chi connectivity index (χ3n) is 2.80. The van der Waals surface area contributed by atoms with Crippen molar-refractivity contribution in [2.24, 2.45) is 0 Å². The molecule has 1 unspecified atom stereocenters. The Balaban J connectivity index is 2.17. The molecule has 2 aromatic rings. The maximum atomic E-state index is 5.20. The van der Waals surface area contributed by atoms with Gasteiger partial charge in [-0.3, -0.25) is 4.98 Å². The fourth-order valence-electron chi connectivity index (χ4n) is 1.84. The predicted octanol–water partition coefficient (Wildman–Crippen LogP) is 2.36. The van der Waals surface area contributed by atoms with Crippen LogP contribution < -0.4 is 10.1 Å². The molecule has 0 radical (unpaired) electrons. The van der Waals surface area contributed by atoms with Crippen LogP contribution in [0.4, 0.5) is 0 Å². The lowest BCUT2D eigenvalue weighted by atomic mass is 10.0. The van der Waals surface area contributed by atoms with Crippen LogP contribution in [0.15, 0.2) is 23.8 Å². The third-order valence-corrected chi connectivity index (χ3v) is 3.62. The first-order chi connectivity index (χ1) is 8.72. The van der Waals surface area contributed by atoms with Crippen molar-refractivity contribution in [1.29, 1.82) is 0 Å². The molecular formula is C13H17N3OS. The Morgan fingerprint density at radius 3 is 2.89 bits per heavy atom. The average Bonchev–Trinajstić information content (AvgIpc) is 2.81. The van der Waals surface area contributed by atoms with Gasteiger partial charge in [-0.05, 0) is 25.6 Å². The van der Waals surface area contributed by atoms with Crippen LogP contribution in [0.1, 0.15) is 22.3 Å². The van der Waals surface area contributed by atoms with Crippen LogP contribution in [0.3, 0.4) is 0 Å². The van der Waals surface area contributed by atoms with Gasteiger partial charge in [0.05, 0.1) is 24.0 Å². The number of rotatable bonds is 5. The number of nitrogens with one attached hydrogen (secondary N) is 1. The number of pyridine rings is 1. The standard InChI is InChI=1S/C13H17N3OS/c1-9-16-11(8-18-9)5-13(14-2)10-4-12(17-3)7-15-6-10/h4,6-8,13-14H,5H2,1-3H3. The lowest BCUT2D eigenvalue weighted by Gasteiger charge is -2.15. The molecule has 0 fully saturated rings. The van der Waals surface area contributed by atoms with Crippen molar-refractivity contribution in [2.75, 3.05) is 14.2 Å². The Labute approximate surface area is 111 Å². The maximum absolute atomic E-state index is 5.20. The highest BCUT2D eigenvalue weighted by atomic mass is 32.1. The number of methoxy groups -OCH3 is 1. The molecule has 1 N–H and O–H groups in total. The Hall–Kier alpha value is -1.46. The van der Waals surface area contributed by atoms with Gasteiger partial charge in [-0.15, -0.1) is 11.3 Å². The Morgan fingerprint density at radius 1 is 1.44 bits per heavy atom. The predicted molar refractivity (Wildman–Crippen MR) is 73.1 cm³/mol. The summed E-state index contributed by atoms with van der Waals surface area (Å²) in [5.41, 5.74) is 2.22. The summed E-state index contributed by atoms with van der Waals surface area (Å²) in [6.07, 6.45) is 4.43. The number of hydrogen-bond acceptors (Lipinski definition) is 5. The molecule has 2 heterocycles. The Morgan fingerprint density at radius 2 is 2.28 bits per heavy atom. The molecule has 2 rings (SSSR count). The van der Waals surface area contributed by atoms with E-state index in [1.165, 1.54) is 0 Å². The number of likely N-dealkylation sites (N-methyl/N-ethyl adjacent to an activating group) is 1. The number of thiazole rings is 1. The smallest absolute Gasteiger partial charge is 0.137 e. The first kappa shape index (κ1) is 13.0. The molecule has 2 aromatic heterocycles. The summed E-state index contributed by atoms with van der Waals surface area (Å²) in [5.74, 6) is 0.780. The van der Waals surface area contributed by atoms with Crippen molar-refractivity contribution in [3.05, 3.63) is 40.1 Å². The zero-order valence-electron chi connectivity index (χ0n) is 10.8. The summed E-state index contributed by atoms with van der Waals surface area (Å²) >= 11 is 1.68. The van der Waals surface area contributed by atoms with E-state index in [2.05, 4.69) is 20.7 Å².